The molecule has 0 saturated heterocycles. The van der Waals surface area contributed by atoms with Crippen LogP contribution in [0.3, 0.4) is 0 Å². The van der Waals surface area contributed by atoms with E-state index in [1.165, 1.54) is 0 Å². The quantitative estimate of drug-likeness (QED) is 0.808. The molecule has 0 unspecified atom stereocenters. The third kappa shape index (κ3) is 2.96. The highest BCUT2D eigenvalue weighted by atomic mass is 16.3. The molecule has 0 spiro atoms. The molecule has 0 saturated carbocycles. The molecule has 1 atom stereocenters. The highest BCUT2D eigenvalue weighted by molar-refractivity contribution is 5.83. The van der Waals surface area contributed by atoms with Crippen molar-refractivity contribution in [2.24, 2.45) is 4.99 Å². The lowest BCUT2D eigenvalue weighted by atomic mass is 10.1. The molecule has 92 valence electrons. The summed E-state index contributed by atoms with van der Waals surface area (Å²) in [5.74, 6) is 0.186. The summed E-state index contributed by atoms with van der Waals surface area (Å²) in [4.78, 5) is 4.31. The standard InChI is InChI=1S/C15H15NO2/c17-11-14(12-6-2-1-3-7-12)16-10-13-8-4-5-9-15(13)18/h1-10,14,17-18H,11H2/b16-10+/t14-/m0/s1. The number of aliphatic hydroxyl groups is 1. The van der Waals surface area contributed by atoms with Crippen molar-refractivity contribution in [2.75, 3.05) is 6.61 Å². The van der Waals surface area contributed by atoms with Crippen molar-refractivity contribution in [3.63, 3.8) is 0 Å². The lowest BCUT2D eigenvalue weighted by Gasteiger charge is -2.09. The van der Waals surface area contributed by atoms with Gasteiger partial charge < -0.3 is 10.2 Å². The third-order valence-electron chi connectivity index (χ3n) is 2.69. The van der Waals surface area contributed by atoms with Gasteiger partial charge in [-0.25, -0.2) is 0 Å². The van der Waals surface area contributed by atoms with E-state index in [0.717, 1.165) is 5.56 Å². The number of aromatic hydroxyl groups is 1. The van der Waals surface area contributed by atoms with Crippen molar-refractivity contribution in [3.05, 3.63) is 65.7 Å². The molecule has 0 bridgehead atoms. The molecule has 0 aromatic heterocycles. The molecule has 2 N–H and O–H groups in total. The third-order valence-corrected chi connectivity index (χ3v) is 2.69. The minimum atomic E-state index is -0.300. The molecule has 3 nitrogen and oxygen atoms in total. The van der Waals surface area contributed by atoms with E-state index in [-0.39, 0.29) is 18.4 Å². The van der Waals surface area contributed by atoms with Crippen molar-refractivity contribution in [1.82, 2.24) is 0 Å². The first-order valence-corrected chi connectivity index (χ1v) is 5.78. The number of hydrogen-bond donors (Lipinski definition) is 2. The van der Waals surface area contributed by atoms with E-state index in [4.69, 9.17) is 0 Å². The number of nitrogens with zero attached hydrogens (tertiary/aromatic N) is 1. The highest BCUT2D eigenvalue weighted by Gasteiger charge is 2.06. The van der Waals surface area contributed by atoms with Gasteiger partial charge in [-0.3, -0.25) is 4.99 Å². The van der Waals surface area contributed by atoms with Gasteiger partial charge in [0.2, 0.25) is 0 Å². The average Bonchev–Trinajstić information content (AvgIpc) is 2.42. The maximum atomic E-state index is 9.61. The summed E-state index contributed by atoms with van der Waals surface area (Å²) >= 11 is 0. The minimum Gasteiger partial charge on any atom is -0.507 e. The Hall–Kier alpha value is -2.13. The number of phenols is 1. The van der Waals surface area contributed by atoms with Crippen molar-refractivity contribution in [3.8, 4) is 5.75 Å². The molecule has 0 aliphatic heterocycles. The van der Waals surface area contributed by atoms with Crippen LogP contribution in [0, 0.1) is 0 Å². The summed E-state index contributed by atoms with van der Waals surface area (Å²) < 4.78 is 0. The van der Waals surface area contributed by atoms with Crippen LogP contribution in [0.2, 0.25) is 0 Å². The van der Waals surface area contributed by atoms with Crippen molar-refractivity contribution < 1.29 is 10.2 Å². The molecule has 0 radical (unpaired) electrons. The van der Waals surface area contributed by atoms with E-state index in [0.29, 0.717) is 5.56 Å². The first-order valence-electron chi connectivity index (χ1n) is 5.78. The maximum Gasteiger partial charge on any atom is 0.124 e. The van der Waals surface area contributed by atoms with Crippen LogP contribution < -0.4 is 0 Å². The van der Waals surface area contributed by atoms with Gasteiger partial charge in [-0.2, -0.15) is 0 Å². The van der Waals surface area contributed by atoms with E-state index in [1.54, 1.807) is 24.4 Å². The fourth-order valence-corrected chi connectivity index (χ4v) is 1.68. The Morgan fingerprint density at radius 2 is 1.67 bits per heavy atom. The Balaban J connectivity index is 2.19. The summed E-state index contributed by atoms with van der Waals surface area (Å²) in [6, 6.07) is 16.3. The molecular formula is C15H15NO2. The van der Waals surface area contributed by atoms with Crippen LogP contribution in [0.1, 0.15) is 17.2 Å². The van der Waals surface area contributed by atoms with Crippen LogP contribution in [-0.4, -0.2) is 23.0 Å². The molecule has 2 rings (SSSR count). The largest absolute Gasteiger partial charge is 0.507 e. The normalized spacial score (nSPS) is 12.7. The first-order chi connectivity index (χ1) is 8.81. The van der Waals surface area contributed by atoms with E-state index in [2.05, 4.69) is 4.99 Å². The van der Waals surface area contributed by atoms with Gasteiger partial charge in [-0.05, 0) is 17.7 Å². The van der Waals surface area contributed by atoms with Gasteiger partial charge >= 0.3 is 0 Å². The van der Waals surface area contributed by atoms with Crippen molar-refractivity contribution in [2.45, 2.75) is 6.04 Å². The molecule has 0 heterocycles. The first kappa shape index (κ1) is 12.3. The van der Waals surface area contributed by atoms with E-state index >= 15 is 0 Å². The number of phenolic OH excluding ortho intramolecular Hbond substituents is 1. The second-order valence-electron chi connectivity index (χ2n) is 3.95. The Bertz CT molecular complexity index is 523. The maximum absolute atomic E-state index is 9.61. The smallest absolute Gasteiger partial charge is 0.124 e. The zero-order valence-electron chi connectivity index (χ0n) is 9.90. The zero-order valence-corrected chi connectivity index (χ0v) is 9.90. The average molecular weight is 241 g/mol. The molecule has 0 fully saturated rings. The van der Waals surface area contributed by atoms with Crippen LogP contribution in [0.5, 0.6) is 5.75 Å². The lowest BCUT2D eigenvalue weighted by Crippen LogP contribution is -2.01. The number of para-hydroxylation sites is 1. The van der Waals surface area contributed by atoms with Crippen molar-refractivity contribution >= 4 is 6.21 Å². The molecule has 2 aromatic rings. The van der Waals surface area contributed by atoms with Gasteiger partial charge in [-0.15, -0.1) is 0 Å². The summed E-state index contributed by atoms with van der Waals surface area (Å²) in [6.07, 6.45) is 1.59. The summed E-state index contributed by atoms with van der Waals surface area (Å²) in [6.45, 7) is -0.0614. The Morgan fingerprint density at radius 3 is 2.33 bits per heavy atom. The highest BCUT2D eigenvalue weighted by Crippen LogP contribution is 2.18. The molecule has 18 heavy (non-hydrogen) atoms. The minimum absolute atomic E-state index is 0.0614. The van der Waals surface area contributed by atoms with Crippen LogP contribution in [0.15, 0.2) is 59.6 Å². The number of aliphatic imine (C=N–C) groups is 1. The zero-order chi connectivity index (χ0) is 12.8. The predicted octanol–water partition coefficient (Wildman–Crippen LogP) is 2.54. The summed E-state index contributed by atoms with van der Waals surface area (Å²) in [5, 5.41) is 19.0. The van der Waals surface area contributed by atoms with Gasteiger partial charge in [0.05, 0.1) is 12.6 Å². The van der Waals surface area contributed by atoms with Gasteiger partial charge in [-0.1, -0.05) is 42.5 Å². The van der Waals surface area contributed by atoms with E-state index in [1.807, 2.05) is 36.4 Å². The monoisotopic (exact) mass is 241 g/mol. The van der Waals surface area contributed by atoms with Gasteiger partial charge in [0, 0.05) is 11.8 Å². The fraction of sp³-hybridized carbons (Fsp3) is 0.133. The Kier molecular flexibility index (Phi) is 4.10. The van der Waals surface area contributed by atoms with Crippen LogP contribution >= 0.6 is 0 Å². The molecule has 2 aromatic carbocycles. The number of benzene rings is 2. The van der Waals surface area contributed by atoms with Crippen LogP contribution in [-0.2, 0) is 0 Å². The number of hydrogen-bond acceptors (Lipinski definition) is 3. The van der Waals surface area contributed by atoms with Crippen molar-refractivity contribution in [1.29, 1.82) is 0 Å². The summed E-state index contributed by atoms with van der Waals surface area (Å²) in [5.41, 5.74) is 1.60. The number of aliphatic hydroxyl groups excluding tert-OH is 1. The second-order valence-corrected chi connectivity index (χ2v) is 3.95. The SMILES string of the molecule is OC[C@H](/N=C/c1ccccc1O)c1ccccc1. The second kappa shape index (κ2) is 5.98. The van der Waals surface area contributed by atoms with Gasteiger partial charge in [0.25, 0.3) is 0 Å². The molecule has 0 aliphatic carbocycles. The van der Waals surface area contributed by atoms with E-state index < -0.39 is 0 Å². The van der Waals surface area contributed by atoms with Gasteiger partial charge in [0.1, 0.15) is 5.75 Å². The topological polar surface area (TPSA) is 52.8 Å². The fourth-order valence-electron chi connectivity index (χ4n) is 1.68. The molecule has 0 amide bonds. The Labute approximate surface area is 106 Å². The molecular weight excluding hydrogens is 226 g/mol. The Morgan fingerprint density at radius 1 is 1.00 bits per heavy atom. The molecule has 3 heteroatoms. The summed E-state index contributed by atoms with van der Waals surface area (Å²) in [7, 11) is 0. The van der Waals surface area contributed by atoms with E-state index in [9.17, 15) is 10.2 Å². The lowest BCUT2D eigenvalue weighted by molar-refractivity contribution is 0.269. The van der Waals surface area contributed by atoms with Crippen LogP contribution in [0.4, 0.5) is 0 Å². The van der Waals surface area contributed by atoms with Gasteiger partial charge in [0.15, 0.2) is 0 Å². The number of rotatable bonds is 4. The van der Waals surface area contributed by atoms with Crippen LogP contribution in [0.25, 0.3) is 0 Å². The predicted molar refractivity (Wildman–Crippen MR) is 72.0 cm³/mol. The molecule has 0 aliphatic rings.